The van der Waals surface area contributed by atoms with Crippen molar-refractivity contribution in [1.82, 2.24) is 10.7 Å². The minimum absolute atomic E-state index is 0.109. The third kappa shape index (κ3) is 6.68. The van der Waals surface area contributed by atoms with Gasteiger partial charge in [-0.2, -0.15) is 5.10 Å². The molecule has 0 aliphatic carbocycles. The lowest BCUT2D eigenvalue weighted by Gasteiger charge is -2.07. The van der Waals surface area contributed by atoms with Gasteiger partial charge in [-0.05, 0) is 61.4 Å². The lowest BCUT2D eigenvalue weighted by molar-refractivity contribution is -0.139. The third-order valence-electron chi connectivity index (χ3n) is 3.20. The topological polar surface area (TPSA) is 79.8 Å². The monoisotopic (exact) mass is 417 g/mol. The van der Waals surface area contributed by atoms with Crippen LogP contribution < -0.4 is 15.5 Å². The predicted molar refractivity (Wildman–Crippen MR) is 104 cm³/mol. The van der Waals surface area contributed by atoms with Gasteiger partial charge in [0, 0.05) is 10.5 Å². The Morgan fingerprint density at radius 2 is 1.73 bits per heavy atom. The Morgan fingerprint density at radius 3 is 2.35 bits per heavy atom. The van der Waals surface area contributed by atoms with Gasteiger partial charge in [-0.1, -0.05) is 28.1 Å². The molecule has 2 aromatic rings. The molecule has 0 spiro atoms. The first-order valence-corrected chi connectivity index (χ1v) is 8.84. The molecule has 7 heteroatoms. The Balaban J connectivity index is 1.82. The molecule has 2 amide bonds. The van der Waals surface area contributed by atoms with E-state index in [1.165, 1.54) is 6.21 Å². The van der Waals surface area contributed by atoms with Crippen LogP contribution in [-0.2, 0) is 16.2 Å². The van der Waals surface area contributed by atoms with Crippen LogP contribution in [0.4, 0.5) is 0 Å². The predicted octanol–water partition coefficient (Wildman–Crippen LogP) is 3.00. The SMILES string of the molecule is CC(C)NC(=O)C(=O)N/N=C/c1ccc(OCc2ccc(Br)cc2)cc1. The van der Waals surface area contributed by atoms with Crippen LogP contribution in [0.2, 0.25) is 0 Å². The quantitative estimate of drug-likeness (QED) is 0.430. The maximum Gasteiger partial charge on any atom is 0.329 e. The molecule has 136 valence electrons. The van der Waals surface area contributed by atoms with Crippen LogP contribution in [0.1, 0.15) is 25.0 Å². The van der Waals surface area contributed by atoms with Crippen LogP contribution in [0.5, 0.6) is 5.75 Å². The molecule has 0 fully saturated rings. The Labute approximate surface area is 160 Å². The van der Waals surface area contributed by atoms with Crippen molar-refractivity contribution >= 4 is 34.0 Å². The van der Waals surface area contributed by atoms with Crippen molar-refractivity contribution in [1.29, 1.82) is 0 Å². The largest absolute Gasteiger partial charge is 0.489 e. The minimum Gasteiger partial charge on any atom is -0.489 e. The Kier molecular flexibility index (Phi) is 7.35. The van der Waals surface area contributed by atoms with Crippen molar-refractivity contribution in [2.24, 2.45) is 5.10 Å². The molecule has 0 aromatic heterocycles. The molecule has 0 heterocycles. The van der Waals surface area contributed by atoms with Crippen LogP contribution in [-0.4, -0.2) is 24.1 Å². The van der Waals surface area contributed by atoms with Crippen molar-refractivity contribution in [3.05, 3.63) is 64.1 Å². The maximum atomic E-state index is 11.5. The molecule has 0 aliphatic rings. The Hall–Kier alpha value is -2.67. The van der Waals surface area contributed by atoms with Crippen LogP contribution in [0.25, 0.3) is 0 Å². The van der Waals surface area contributed by atoms with E-state index in [0.29, 0.717) is 6.61 Å². The van der Waals surface area contributed by atoms with Crippen molar-refractivity contribution in [3.8, 4) is 5.75 Å². The van der Waals surface area contributed by atoms with E-state index in [9.17, 15) is 9.59 Å². The number of hydrogen-bond acceptors (Lipinski definition) is 4. The highest BCUT2D eigenvalue weighted by Gasteiger charge is 2.12. The maximum absolute atomic E-state index is 11.5. The number of nitrogens with one attached hydrogen (secondary N) is 2. The van der Waals surface area contributed by atoms with Gasteiger partial charge in [0.2, 0.25) is 0 Å². The standard InChI is InChI=1S/C19H20BrN3O3/c1-13(2)22-18(24)19(25)23-21-11-14-5-9-17(10-6-14)26-12-15-3-7-16(20)8-4-15/h3-11,13H,12H2,1-2H3,(H,22,24)(H,23,25)/b21-11+. The summed E-state index contributed by atoms with van der Waals surface area (Å²) in [5.74, 6) is -0.788. The summed E-state index contributed by atoms with van der Waals surface area (Å²) in [7, 11) is 0. The fourth-order valence-electron chi connectivity index (χ4n) is 1.94. The van der Waals surface area contributed by atoms with Crippen LogP contribution in [0.15, 0.2) is 58.1 Å². The summed E-state index contributed by atoms with van der Waals surface area (Å²) >= 11 is 3.40. The van der Waals surface area contributed by atoms with E-state index < -0.39 is 11.8 Å². The van der Waals surface area contributed by atoms with Gasteiger partial charge < -0.3 is 10.1 Å². The first-order valence-electron chi connectivity index (χ1n) is 8.05. The Morgan fingerprint density at radius 1 is 1.08 bits per heavy atom. The molecule has 0 aliphatic heterocycles. The molecule has 0 saturated carbocycles. The first-order chi connectivity index (χ1) is 12.4. The Bertz CT molecular complexity index is 772. The average molecular weight is 418 g/mol. The number of rotatable bonds is 6. The summed E-state index contributed by atoms with van der Waals surface area (Å²) in [4.78, 5) is 22.9. The lowest BCUT2D eigenvalue weighted by Crippen LogP contribution is -2.41. The normalized spacial score (nSPS) is 10.8. The highest BCUT2D eigenvalue weighted by atomic mass is 79.9. The second-order valence-corrected chi connectivity index (χ2v) is 6.73. The molecule has 2 N–H and O–H groups in total. The molecule has 26 heavy (non-hydrogen) atoms. The zero-order chi connectivity index (χ0) is 18.9. The average Bonchev–Trinajstić information content (AvgIpc) is 2.61. The minimum atomic E-state index is -0.801. The van der Waals surface area contributed by atoms with Crippen molar-refractivity contribution in [3.63, 3.8) is 0 Å². The van der Waals surface area contributed by atoms with E-state index in [-0.39, 0.29) is 6.04 Å². The van der Waals surface area contributed by atoms with Gasteiger partial charge in [0.15, 0.2) is 0 Å². The number of ether oxygens (including phenoxy) is 1. The number of amides is 2. The molecule has 0 saturated heterocycles. The van der Waals surface area contributed by atoms with E-state index in [2.05, 4.69) is 31.8 Å². The van der Waals surface area contributed by atoms with Crippen molar-refractivity contribution in [2.75, 3.05) is 0 Å². The van der Waals surface area contributed by atoms with Gasteiger partial charge >= 0.3 is 11.8 Å². The number of benzene rings is 2. The summed E-state index contributed by atoms with van der Waals surface area (Å²) < 4.78 is 6.74. The zero-order valence-corrected chi connectivity index (χ0v) is 16.1. The van der Waals surface area contributed by atoms with Gasteiger partial charge in [-0.3, -0.25) is 9.59 Å². The van der Waals surface area contributed by atoms with Gasteiger partial charge in [0.1, 0.15) is 12.4 Å². The number of nitrogens with zero attached hydrogens (tertiary/aromatic N) is 1. The second kappa shape index (κ2) is 9.72. The van der Waals surface area contributed by atoms with Gasteiger partial charge in [-0.15, -0.1) is 0 Å². The number of halogens is 1. The number of hydrogen-bond donors (Lipinski definition) is 2. The third-order valence-corrected chi connectivity index (χ3v) is 3.73. The van der Waals surface area contributed by atoms with E-state index in [1.54, 1.807) is 26.0 Å². The summed E-state index contributed by atoms with van der Waals surface area (Å²) in [6, 6.07) is 15.0. The molecule has 2 aromatic carbocycles. The first kappa shape index (κ1) is 19.7. The second-order valence-electron chi connectivity index (χ2n) is 5.81. The summed E-state index contributed by atoms with van der Waals surface area (Å²) in [5, 5.41) is 6.26. The molecule has 0 unspecified atom stereocenters. The highest BCUT2D eigenvalue weighted by molar-refractivity contribution is 9.10. The molecular formula is C19H20BrN3O3. The summed E-state index contributed by atoms with van der Waals surface area (Å²) in [6.07, 6.45) is 1.46. The van der Waals surface area contributed by atoms with E-state index in [0.717, 1.165) is 21.3 Å². The van der Waals surface area contributed by atoms with E-state index >= 15 is 0 Å². The number of carbonyl (C=O) groups is 2. The highest BCUT2D eigenvalue weighted by Crippen LogP contribution is 2.15. The zero-order valence-electron chi connectivity index (χ0n) is 14.5. The van der Waals surface area contributed by atoms with Crippen LogP contribution in [0, 0.1) is 0 Å². The van der Waals surface area contributed by atoms with Crippen molar-refractivity contribution in [2.45, 2.75) is 26.5 Å². The van der Waals surface area contributed by atoms with E-state index in [1.807, 2.05) is 36.4 Å². The van der Waals surface area contributed by atoms with E-state index in [4.69, 9.17) is 4.74 Å². The summed E-state index contributed by atoms with van der Waals surface area (Å²) in [5.41, 5.74) is 4.03. The molecule has 0 bridgehead atoms. The van der Waals surface area contributed by atoms with Gasteiger partial charge in [0.25, 0.3) is 0 Å². The van der Waals surface area contributed by atoms with Gasteiger partial charge in [0.05, 0.1) is 6.21 Å². The molecule has 2 rings (SSSR count). The fourth-order valence-corrected chi connectivity index (χ4v) is 2.21. The lowest BCUT2D eigenvalue weighted by atomic mass is 10.2. The van der Waals surface area contributed by atoms with Gasteiger partial charge in [-0.25, -0.2) is 5.43 Å². The van der Waals surface area contributed by atoms with Crippen LogP contribution in [0.3, 0.4) is 0 Å². The molecule has 0 radical (unpaired) electrons. The van der Waals surface area contributed by atoms with Crippen molar-refractivity contribution < 1.29 is 14.3 Å². The molecule has 0 atom stereocenters. The van der Waals surface area contributed by atoms with Crippen LogP contribution >= 0.6 is 15.9 Å². The molecule has 6 nitrogen and oxygen atoms in total. The summed E-state index contributed by atoms with van der Waals surface area (Å²) in [6.45, 7) is 4.02. The fraction of sp³-hybridized carbons (Fsp3) is 0.211. The number of hydrazone groups is 1. The molecular weight excluding hydrogens is 398 g/mol. The number of carbonyl (C=O) groups excluding carboxylic acids is 2. The smallest absolute Gasteiger partial charge is 0.329 e.